The van der Waals surface area contributed by atoms with Gasteiger partial charge in [-0.15, -0.1) is 0 Å². The van der Waals surface area contributed by atoms with E-state index in [0.717, 1.165) is 27.7 Å². The van der Waals surface area contributed by atoms with E-state index < -0.39 is 0 Å². The average molecular weight is 506 g/mol. The molecule has 0 radical (unpaired) electrons. The van der Waals surface area contributed by atoms with E-state index >= 15 is 0 Å². The molecule has 0 amide bonds. The third-order valence-corrected chi connectivity index (χ3v) is 6.02. The Labute approximate surface area is 194 Å². The minimum absolute atomic E-state index is 0.0371. The van der Waals surface area contributed by atoms with Gasteiger partial charge in [-0.05, 0) is 43.2 Å². The Morgan fingerprint density at radius 1 is 1.10 bits per heavy atom. The molecule has 156 valence electrons. The van der Waals surface area contributed by atoms with E-state index in [1.807, 2.05) is 55.5 Å². The third kappa shape index (κ3) is 6.30. The maximum absolute atomic E-state index is 12.5. The fraction of sp³-hybridized carbons (Fsp3) is 0.261. The van der Waals surface area contributed by atoms with Crippen LogP contribution in [0.25, 0.3) is 0 Å². The SMILES string of the molecule is CCCOc1nc(SCC(=O)c2ccc(Br)cc2)nc(C)c1Cc1ccc(Cl)cc1. The molecule has 0 aliphatic rings. The number of aryl methyl sites for hydroxylation is 1. The second kappa shape index (κ2) is 10.9. The van der Waals surface area contributed by atoms with E-state index in [-0.39, 0.29) is 11.5 Å². The number of rotatable bonds is 9. The second-order valence-corrected chi connectivity index (χ2v) is 9.04. The fourth-order valence-corrected chi connectivity index (χ4v) is 3.95. The molecule has 0 N–H and O–H groups in total. The molecule has 2 aromatic carbocycles. The minimum Gasteiger partial charge on any atom is -0.477 e. The van der Waals surface area contributed by atoms with Crippen LogP contribution < -0.4 is 4.74 Å². The van der Waals surface area contributed by atoms with Crippen LogP contribution in [0.1, 0.15) is 40.5 Å². The van der Waals surface area contributed by atoms with Crippen LogP contribution in [0.15, 0.2) is 58.2 Å². The first kappa shape index (κ1) is 22.8. The number of ketones is 1. The standard InChI is InChI=1S/C23H22BrClN2O2S/c1-3-12-29-22-20(13-16-4-10-19(25)11-5-16)15(2)26-23(27-22)30-14-21(28)17-6-8-18(24)9-7-17/h4-11H,3,12-14H2,1-2H3. The molecular weight excluding hydrogens is 484 g/mol. The van der Waals surface area contributed by atoms with Crippen LogP contribution in [-0.4, -0.2) is 28.1 Å². The topological polar surface area (TPSA) is 52.1 Å². The normalized spacial score (nSPS) is 10.8. The van der Waals surface area contributed by atoms with Crippen LogP contribution in [0.5, 0.6) is 5.88 Å². The number of carbonyl (C=O) groups excluding carboxylic acids is 1. The maximum atomic E-state index is 12.5. The molecule has 0 unspecified atom stereocenters. The number of thioether (sulfide) groups is 1. The summed E-state index contributed by atoms with van der Waals surface area (Å²) in [5.41, 5.74) is 3.58. The van der Waals surface area contributed by atoms with Crippen LogP contribution in [0.2, 0.25) is 5.02 Å². The Morgan fingerprint density at radius 3 is 2.47 bits per heavy atom. The Hall–Kier alpha value is -1.89. The predicted octanol–water partition coefficient (Wildman–Crippen LogP) is 6.56. The van der Waals surface area contributed by atoms with Gasteiger partial charge in [0.2, 0.25) is 5.88 Å². The minimum atomic E-state index is 0.0371. The van der Waals surface area contributed by atoms with Crippen molar-refractivity contribution in [2.24, 2.45) is 0 Å². The summed E-state index contributed by atoms with van der Waals surface area (Å²) in [6, 6.07) is 15.1. The molecule has 3 aromatic rings. The van der Waals surface area contributed by atoms with Gasteiger partial charge >= 0.3 is 0 Å². The highest BCUT2D eigenvalue weighted by Gasteiger charge is 2.16. The lowest BCUT2D eigenvalue weighted by Gasteiger charge is -2.14. The molecule has 0 fully saturated rings. The molecule has 1 aromatic heterocycles. The van der Waals surface area contributed by atoms with Crippen molar-refractivity contribution in [3.63, 3.8) is 0 Å². The molecule has 0 aliphatic heterocycles. The van der Waals surface area contributed by atoms with Gasteiger partial charge < -0.3 is 4.74 Å². The first-order valence-electron chi connectivity index (χ1n) is 9.62. The van der Waals surface area contributed by atoms with Gasteiger partial charge in [0.25, 0.3) is 0 Å². The quantitative estimate of drug-likeness (QED) is 0.187. The summed E-state index contributed by atoms with van der Waals surface area (Å²) in [5.74, 6) is 0.887. The van der Waals surface area contributed by atoms with Crippen molar-refractivity contribution < 1.29 is 9.53 Å². The van der Waals surface area contributed by atoms with Crippen molar-refractivity contribution in [3.8, 4) is 5.88 Å². The largest absolute Gasteiger partial charge is 0.477 e. The first-order valence-corrected chi connectivity index (χ1v) is 11.8. The number of carbonyl (C=O) groups is 1. The molecule has 4 nitrogen and oxygen atoms in total. The fourth-order valence-electron chi connectivity index (χ4n) is 2.79. The van der Waals surface area contributed by atoms with E-state index in [1.54, 1.807) is 0 Å². The van der Waals surface area contributed by atoms with Crippen LogP contribution in [-0.2, 0) is 6.42 Å². The number of halogens is 2. The molecule has 3 rings (SSSR count). The van der Waals surface area contributed by atoms with Crippen LogP contribution >= 0.6 is 39.3 Å². The van der Waals surface area contributed by atoms with Crippen molar-refractivity contribution in [2.45, 2.75) is 31.8 Å². The summed E-state index contributed by atoms with van der Waals surface area (Å²) in [4.78, 5) is 21.7. The number of Topliss-reactive ketones (excluding diaryl/α,β-unsaturated/α-hetero) is 1. The molecule has 0 atom stereocenters. The summed E-state index contributed by atoms with van der Waals surface area (Å²) >= 11 is 10.7. The van der Waals surface area contributed by atoms with Crippen LogP contribution in [0.4, 0.5) is 0 Å². The smallest absolute Gasteiger partial charge is 0.221 e. The number of aromatic nitrogens is 2. The number of benzene rings is 2. The van der Waals surface area contributed by atoms with E-state index in [2.05, 4.69) is 32.8 Å². The zero-order valence-electron chi connectivity index (χ0n) is 16.8. The third-order valence-electron chi connectivity index (χ3n) is 4.39. The molecular formula is C23H22BrClN2O2S. The van der Waals surface area contributed by atoms with Gasteiger partial charge in [0.05, 0.1) is 12.4 Å². The summed E-state index contributed by atoms with van der Waals surface area (Å²) in [7, 11) is 0. The maximum Gasteiger partial charge on any atom is 0.221 e. The highest BCUT2D eigenvalue weighted by Crippen LogP contribution is 2.27. The second-order valence-electron chi connectivity index (χ2n) is 6.75. The zero-order valence-corrected chi connectivity index (χ0v) is 20.0. The van der Waals surface area contributed by atoms with Gasteiger partial charge in [-0.1, -0.05) is 70.5 Å². The van der Waals surface area contributed by atoms with Gasteiger partial charge in [-0.2, -0.15) is 4.98 Å². The summed E-state index contributed by atoms with van der Waals surface area (Å²) in [6.07, 6.45) is 1.54. The number of hydrogen-bond acceptors (Lipinski definition) is 5. The lowest BCUT2D eigenvalue weighted by Crippen LogP contribution is -2.08. The van der Waals surface area contributed by atoms with Gasteiger partial charge in [0.15, 0.2) is 10.9 Å². The van der Waals surface area contributed by atoms with Crippen molar-refractivity contribution >= 4 is 45.1 Å². The van der Waals surface area contributed by atoms with E-state index in [9.17, 15) is 4.79 Å². The van der Waals surface area contributed by atoms with E-state index in [4.69, 9.17) is 16.3 Å². The molecule has 0 saturated carbocycles. The van der Waals surface area contributed by atoms with Gasteiger partial charge in [-0.25, -0.2) is 4.98 Å². The van der Waals surface area contributed by atoms with Gasteiger partial charge in [0, 0.05) is 32.7 Å². The molecule has 1 heterocycles. The molecule has 0 saturated heterocycles. The van der Waals surface area contributed by atoms with Crippen molar-refractivity contribution in [2.75, 3.05) is 12.4 Å². The summed E-state index contributed by atoms with van der Waals surface area (Å²) < 4.78 is 6.87. The molecule has 0 aliphatic carbocycles. The Kier molecular flexibility index (Phi) is 8.31. The van der Waals surface area contributed by atoms with Crippen molar-refractivity contribution in [1.82, 2.24) is 9.97 Å². The van der Waals surface area contributed by atoms with Crippen molar-refractivity contribution in [3.05, 3.63) is 80.4 Å². The Morgan fingerprint density at radius 2 is 1.80 bits per heavy atom. The van der Waals surface area contributed by atoms with Gasteiger partial charge in [-0.3, -0.25) is 4.79 Å². The van der Waals surface area contributed by atoms with Crippen LogP contribution in [0.3, 0.4) is 0 Å². The lowest BCUT2D eigenvalue weighted by atomic mass is 10.0. The highest BCUT2D eigenvalue weighted by molar-refractivity contribution is 9.10. The lowest BCUT2D eigenvalue weighted by molar-refractivity contribution is 0.102. The summed E-state index contributed by atoms with van der Waals surface area (Å²) in [6.45, 7) is 4.58. The zero-order chi connectivity index (χ0) is 21.5. The predicted molar refractivity (Wildman–Crippen MR) is 126 cm³/mol. The Bertz CT molecular complexity index is 1010. The first-order chi connectivity index (χ1) is 14.5. The molecule has 30 heavy (non-hydrogen) atoms. The van der Waals surface area contributed by atoms with E-state index in [1.165, 1.54) is 11.8 Å². The number of nitrogens with zero attached hydrogens (tertiary/aromatic N) is 2. The highest BCUT2D eigenvalue weighted by atomic mass is 79.9. The van der Waals surface area contributed by atoms with Gasteiger partial charge in [0.1, 0.15) is 0 Å². The summed E-state index contributed by atoms with van der Waals surface area (Å²) in [5, 5.41) is 1.25. The Balaban J connectivity index is 1.78. The molecule has 0 spiro atoms. The average Bonchev–Trinajstić information content (AvgIpc) is 2.74. The molecule has 0 bridgehead atoms. The van der Waals surface area contributed by atoms with E-state index in [0.29, 0.717) is 34.7 Å². The number of ether oxygens (including phenoxy) is 1. The monoisotopic (exact) mass is 504 g/mol. The molecule has 7 heteroatoms. The van der Waals surface area contributed by atoms with Crippen molar-refractivity contribution in [1.29, 1.82) is 0 Å². The van der Waals surface area contributed by atoms with Crippen LogP contribution in [0, 0.1) is 6.92 Å². The number of hydrogen-bond donors (Lipinski definition) is 0.